The van der Waals surface area contributed by atoms with Crippen molar-refractivity contribution in [3.05, 3.63) is 11.9 Å². The van der Waals surface area contributed by atoms with Gasteiger partial charge in [0, 0.05) is 25.2 Å². The lowest BCUT2D eigenvalue weighted by Gasteiger charge is -2.17. The molecule has 1 aromatic heterocycles. The number of rotatable bonds is 9. The third-order valence-corrected chi connectivity index (χ3v) is 3.12. The molecule has 0 aliphatic rings. The number of nitrogens with one attached hydrogen (secondary N) is 2. The van der Waals surface area contributed by atoms with E-state index >= 15 is 0 Å². The number of hydrogen-bond donors (Lipinski definition) is 2. The molecule has 0 fully saturated rings. The van der Waals surface area contributed by atoms with Crippen molar-refractivity contribution in [2.24, 2.45) is 0 Å². The van der Waals surface area contributed by atoms with Crippen LogP contribution in [0.15, 0.2) is 6.33 Å². The van der Waals surface area contributed by atoms with E-state index in [2.05, 4.69) is 53.3 Å². The summed E-state index contributed by atoms with van der Waals surface area (Å²) in [5, 5.41) is 6.74. The van der Waals surface area contributed by atoms with Crippen LogP contribution in [0.25, 0.3) is 0 Å². The molecule has 0 aliphatic carbocycles. The van der Waals surface area contributed by atoms with Gasteiger partial charge in [0.25, 0.3) is 0 Å². The lowest BCUT2D eigenvalue weighted by molar-refractivity contribution is 0.367. The van der Waals surface area contributed by atoms with E-state index < -0.39 is 0 Å². The second-order valence-electron chi connectivity index (χ2n) is 4.65. The molecule has 0 atom stereocenters. The van der Waals surface area contributed by atoms with Crippen LogP contribution >= 0.6 is 0 Å². The van der Waals surface area contributed by atoms with Crippen LogP contribution in [0.2, 0.25) is 0 Å². The van der Waals surface area contributed by atoms with Crippen molar-refractivity contribution < 1.29 is 0 Å². The Labute approximate surface area is 116 Å². The molecule has 2 N–H and O–H groups in total. The minimum absolute atomic E-state index is 0.881. The Morgan fingerprint density at radius 2 is 1.79 bits per heavy atom. The van der Waals surface area contributed by atoms with Gasteiger partial charge >= 0.3 is 0 Å². The standard InChI is InChI=1S/C14H27N5/c1-5-8-12-13(15-6-2)17-11-18-14(12)16-9-10-19(4)7-3/h11H,5-10H2,1-4H3,(H2,15,16,17,18). The topological polar surface area (TPSA) is 53.1 Å². The van der Waals surface area contributed by atoms with Gasteiger partial charge in [0.2, 0.25) is 0 Å². The predicted octanol–water partition coefficient (Wildman–Crippen LogP) is 2.22. The van der Waals surface area contributed by atoms with Crippen LogP contribution in [-0.4, -0.2) is 48.1 Å². The third-order valence-electron chi connectivity index (χ3n) is 3.12. The first-order valence-electron chi connectivity index (χ1n) is 7.23. The summed E-state index contributed by atoms with van der Waals surface area (Å²) in [7, 11) is 2.12. The molecule has 0 unspecified atom stereocenters. The molecule has 5 nitrogen and oxygen atoms in total. The zero-order valence-corrected chi connectivity index (χ0v) is 12.7. The molecule has 1 aromatic rings. The summed E-state index contributed by atoms with van der Waals surface area (Å²) in [6.45, 7) is 10.3. The Kier molecular flexibility index (Phi) is 7.18. The molecule has 19 heavy (non-hydrogen) atoms. The van der Waals surface area contributed by atoms with E-state index in [-0.39, 0.29) is 0 Å². The van der Waals surface area contributed by atoms with E-state index in [4.69, 9.17) is 0 Å². The molecule has 0 aliphatic heterocycles. The summed E-state index contributed by atoms with van der Waals surface area (Å²) in [6.07, 6.45) is 3.72. The average Bonchev–Trinajstić information content (AvgIpc) is 2.42. The van der Waals surface area contributed by atoms with Gasteiger partial charge in [-0.25, -0.2) is 9.97 Å². The first-order chi connectivity index (χ1) is 9.22. The lowest BCUT2D eigenvalue weighted by Crippen LogP contribution is -2.25. The Morgan fingerprint density at radius 3 is 2.37 bits per heavy atom. The van der Waals surface area contributed by atoms with Gasteiger partial charge in [-0.2, -0.15) is 0 Å². The lowest BCUT2D eigenvalue weighted by atomic mass is 10.1. The Bertz CT molecular complexity index is 367. The van der Waals surface area contributed by atoms with Crippen LogP contribution < -0.4 is 10.6 Å². The van der Waals surface area contributed by atoms with Crippen molar-refractivity contribution in [2.75, 3.05) is 43.9 Å². The first kappa shape index (κ1) is 15.7. The predicted molar refractivity (Wildman–Crippen MR) is 81.9 cm³/mol. The fourth-order valence-corrected chi connectivity index (χ4v) is 1.89. The summed E-state index contributed by atoms with van der Waals surface area (Å²) >= 11 is 0. The van der Waals surface area contributed by atoms with Crippen molar-refractivity contribution in [2.45, 2.75) is 33.6 Å². The highest BCUT2D eigenvalue weighted by Crippen LogP contribution is 2.21. The van der Waals surface area contributed by atoms with Gasteiger partial charge in [0.05, 0.1) is 0 Å². The van der Waals surface area contributed by atoms with Gasteiger partial charge < -0.3 is 15.5 Å². The van der Waals surface area contributed by atoms with Gasteiger partial charge in [0.1, 0.15) is 18.0 Å². The summed E-state index contributed by atoms with van der Waals surface area (Å²) in [4.78, 5) is 11.0. The van der Waals surface area contributed by atoms with Crippen LogP contribution in [0, 0.1) is 0 Å². The highest BCUT2D eigenvalue weighted by atomic mass is 15.1. The van der Waals surface area contributed by atoms with Crippen LogP contribution in [0.1, 0.15) is 32.8 Å². The number of hydrogen-bond acceptors (Lipinski definition) is 5. The van der Waals surface area contributed by atoms with E-state index in [1.807, 2.05) is 0 Å². The second kappa shape index (κ2) is 8.69. The van der Waals surface area contributed by atoms with Crippen molar-refractivity contribution in [1.29, 1.82) is 0 Å². The van der Waals surface area contributed by atoms with Crippen LogP contribution in [0.3, 0.4) is 0 Å². The van der Waals surface area contributed by atoms with Crippen molar-refractivity contribution in [3.8, 4) is 0 Å². The van der Waals surface area contributed by atoms with Crippen LogP contribution in [0.5, 0.6) is 0 Å². The molecule has 0 saturated carbocycles. The van der Waals surface area contributed by atoms with Gasteiger partial charge in [-0.1, -0.05) is 20.3 Å². The maximum Gasteiger partial charge on any atom is 0.134 e. The molecular weight excluding hydrogens is 238 g/mol. The molecule has 1 rings (SSSR count). The summed E-state index contributed by atoms with van der Waals surface area (Å²) in [5.74, 6) is 1.93. The monoisotopic (exact) mass is 265 g/mol. The Morgan fingerprint density at radius 1 is 1.11 bits per heavy atom. The Balaban J connectivity index is 2.72. The maximum absolute atomic E-state index is 4.38. The van der Waals surface area contributed by atoms with Gasteiger partial charge in [-0.05, 0) is 26.9 Å². The largest absolute Gasteiger partial charge is 0.370 e. The molecule has 0 aromatic carbocycles. The van der Waals surface area contributed by atoms with E-state index in [1.54, 1.807) is 6.33 Å². The summed E-state index contributed by atoms with van der Waals surface area (Å²) in [5.41, 5.74) is 1.20. The quantitative estimate of drug-likeness (QED) is 0.717. The number of aromatic nitrogens is 2. The van der Waals surface area contributed by atoms with Gasteiger partial charge in [-0.3, -0.25) is 0 Å². The molecule has 0 spiro atoms. The smallest absolute Gasteiger partial charge is 0.134 e. The SMILES string of the molecule is CCCc1c(NCC)ncnc1NCCN(C)CC. The highest BCUT2D eigenvalue weighted by molar-refractivity contribution is 5.57. The molecule has 108 valence electrons. The van der Waals surface area contributed by atoms with Crippen molar-refractivity contribution in [3.63, 3.8) is 0 Å². The molecule has 0 radical (unpaired) electrons. The van der Waals surface area contributed by atoms with Crippen molar-refractivity contribution in [1.82, 2.24) is 14.9 Å². The summed E-state index contributed by atoms with van der Waals surface area (Å²) < 4.78 is 0. The number of likely N-dealkylation sites (N-methyl/N-ethyl adjacent to an activating group) is 1. The fraction of sp³-hybridized carbons (Fsp3) is 0.714. The summed E-state index contributed by atoms with van der Waals surface area (Å²) in [6, 6.07) is 0. The van der Waals surface area contributed by atoms with Gasteiger partial charge in [0.15, 0.2) is 0 Å². The second-order valence-corrected chi connectivity index (χ2v) is 4.65. The van der Waals surface area contributed by atoms with Gasteiger partial charge in [-0.15, -0.1) is 0 Å². The fourth-order valence-electron chi connectivity index (χ4n) is 1.89. The zero-order chi connectivity index (χ0) is 14.1. The highest BCUT2D eigenvalue weighted by Gasteiger charge is 2.09. The minimum Gasteiger partial charge on any atom is -0.370 e. The van der Waals surface area contributed by atoms with Crippen molar-refractivity contribution >= 4 is 11.6 Å². The maximum atomic E-state index is 4.38. The third kappa shape index (κ3) is 5.03. The molecule has 1 heterocycles. The molecular formula is C14H27N5. The average molecular weight is 265 g/mol. The van der Waals surface area contributed by atoms with E-state index in [0.717, 1.165) is 50.7 Å². The molecule has 0 saturated heterocycles. The number of anilines is 2. The molecule has 0 amide bonds. The van der Waals surface area contributed by atoms with Crippen LogP contribution in [-0.2, 0) is 6.42 Å². The van der Waals surface area contributed by atoms with E-state index in [9.17, 15) is 0 Å². The molecule has 5 heteroatoms. The Hall–Kier alpha value is -1.36. The van der Waals surface area contributed by atoms with E-state index in [0.29, 0.717) is 0 Å². The zero-order valence-electron chi connectivity index (χ0n) is 12.7. The molecule has 0 bridgehead atoms. The van der Waals surface area contributed by atoms with E-state index in [1.165, 1.54) is 5.56 Å². The normalized spacial score (nSPS) is 10.8. The number of nitrogens with zero attached hydrogens (tertiary/aromatic N) is 3. The minimum atomic E-state index is 0.881. The van der Waals surface area contributed by atoms with Crippen LogP contribution in [0.4, 0.5) is 11.6 Å². The first-order valence-corrected chi connectivity index (χ1v) is 7.23.